The highest BCUT2D eigenvalue weighted by molar-refractivity contribution is 7.13. The van der Waals surface area contributed by atoms with E-state index in [-0.39, 0.29) is 11.9 Å². The van der Waals surface area contributed by atoms with Crippen LogP contribution >= 0.6 is 11.3 Å². The molecule has 26 heavy (non-hydrogen) atoms. The molecule has 1 aliphatic rings. The number of carbonyl (C=O) groups excluding carboxylic acids is 1. The van der Waals surface area contributed by atoms with Gasteiger partial charge in [-0.3, -0.25) is 4.79 Å². The molecular formula is C18H19N5O2S. The number of hydrogen-bond donors (Lipinski definition) is 0. The van der Waals surface area contributed by atoms with Gasteiger partial charge in [0.15, 0.2) is 0 Å². The first-order valence-electron chi connectivity index (χ1n) is 8.42. The van der Waals surface area contributed by atoms with E-state index in [4.69, 9.17) is 4.74 Å². The molecule has 1 amide bonds. The second-order valence-corrected chi connectivity index (χ2v) is 7.16. The summed E-state index contributed by atoms with van der Waals surface area (Å²) in [5.41, 5.74) is 2.13. The molecule has 8 heteroatoms. The van der Waals surface area contributed by atoms with Crippen LogP contribution in [0.1, 0.15) is 22.5 Å². The highest BCUT2D eigenvalue weighted by Gasteiger charge is 2.27. The van der Waals surface area contributed by atoms with Crippen molar-refractivity contribution < 1.29 is 9.53 Å². The number of hydrogen-bond acceptors (Lipinski definition) is 6. The quantitative estimate of drug-likeness (QED) is 0.707. The first kappa shape index (κ1) is 16.9. The molecule has 1 fully saturated rings. The maximum Gasteiger partial charge on any atom is 0.257 e. The molecule has 7 nitrogen and oxygen atoms in total. The standard InChI is InChI=1S/C18H19N5O2S/c1-12-14(17(24)22(2)13-6-8-25-11-13)10-20-23(12)18-19-7-5-15(21-18)16-4-3-9-26-16/h3-5,7,9-10,13H,6,8,11H2,1-2H3. The van der Waals surface area contributed by atoms with Gasteiger partial charge in [0.2, 0.25) is 0 Å². The Bertz CT molecular complexity index is 916. The van der Waals surface area contributed by atoms with Crippen molar-refractivity contribution in [1.82, 2.24) is 24.6 Å². The number of nitrogens with zero attached hydrogens (tertiary/aromatic N) is 5. The van der Waals surface area contributed by atoms with E-state index < -0.39 is 0 Å². The Morgan fingerprint density at radius 1 is 1.42 bits per heavy atom. The average Bonchev–Trinajstić information content (AvgIpc) is 3.42. The fourth-order valence-electron chi connectivity index (χ4n) is 3.02. The molecule has 1 aliphatic heterocycles. The first-order chi connectivity index (χ1) is 12.6. The highest BCUT2D eigenvalue weighted by atomic mass is 32.1. The molecule has 0 aliphatic carbocycles. The van der Waals surface area contributed by atoms with E-state index in [2.05, 4.69) is 15.1 Å². The summed E-state index contributed by atoms with van der Waals surface area (Å²) in [6, 6.07) is 5.98. The predicted octanol–water partition coefficient (Wildman–Crippen LogP) is 2.56. The Labute approximate surface area is 155 Å². The normalized spacial score (nSPS) is 16.8. The lowest BCUT2D eigenvalue weighted by Crippen LogP contribution is -2.37. The van der Waals surface area contributed by atoms with E-state index >= 15 is 0 Å². The summed E-state index contributed by atoms with van der Waals surface area (Å²) < 4.78 is 7.00. The summed E-state index contributed by atoms with van der Waals surface area (Å²) in [5, 5.41) is 6.36. The van der Waals surface area contributed by atoms with Crippen LogP contribution in [0.4, 0.5) is 0 Å². The van der Waals surface area contributed by atoms with Crippen molar-refractivity contribution in [2.75, 3.05) is 20.3 Å². The molecule has 0 bridgehead atoms. The minimum atomic E-state index is -0.0568. The third kappa shape index (κ3) is 3.02. The van der Waals surface area contributed by atoms with Gasteiger partial charge in [0.05, 0.1) is 40.7 Å². The molecule has 0 radical (unpaired) electrons. The molecule has 1 saturated heterocycles. The van der Waals surface area contributed by atoms with Gasteiger partial charge >= 0.3 is 0 Å². The molecule has 134 valence electrons. The lowest BCUT2D eigenvalue weighted by Gasteiger charge is -2.22. The minimum absolute atomic E-state index is 0.0568. The van der Waals surface area contributed by atoms with Crippen LogP contribution in [0, 0.1) is 6.92 Å². The van der Waals surface area contributed by atoms with Crippen LogP contribution in [-0.4, -0.2) is 56.9 Å². The maximum atomic E-state index is 12.8. The molecule has 3 aromatic heterocycles. The van der Waals surface area contributed by atoms with Gasteiger partial charge in [0.25, 0.3) is 11.9 Å². The van der Waals surface area contributed by atoms with Crippen molar-refractivity contribution in [2.24, 2.45) is 0 Å². The number of thiophene rings is 1. The van der Waals surface area contributed by atoms with Gasteiger partial charge < -0.3 is 9.64 Å². The Balaban J connectivity index is 1.63. The molecular weight excluding hydrogens is 350 g/mol. The molecule has 1 atom stereocenters. The van der Waals surface area contributed by atoms with E-state index in [1.807, 2.05) is 37.6 Å². The van der Waals surface area contributed by atoms with Gasteiger partial charge in [-0.25, -0.2) is 14.6 Å². The third-order valence-electron chi connectivity index (χ3n) is 4.62. The molecule has 4 rings (SSSR count). The number of aromatic nitrogens is 4. The van der Waals surface area contributed by atoms with E-state index in [1.165, 1.54) is 0 Å². The fourth-order valence-corrected chi connectivity index (χ4v) is 3.71. The van der Waals surface area contributed by atoms with Crippen LogP contribution in [0.25, 0.3) is 16.5 Å². The smallest absolute Gasteiger partial charge is 0.257 e. The van der Waals surface area contributed by atoms with Gasteiger partial charge in [-0.15, -0.1) is 11.3 Å². The maximum absolute atomic E-state index is 12.8. The number of likely N-dealkylation sites (N-methyl/N-ethyl adjacent to an activating group) is 1. The van der Waals surface area contributed by atoms with Crippen molar-refractivity contribution in [1.29, 1.82) is 0 Å². The van der Waals surface area contributed by atoms with Crippen LogP contribution in [-0.2, 0) is 4.74 Å². The van der Waals surface area contributed by atoms with Crippen LogP contribution in [0.3, 0.4) is 0 Å². The van der Waals surface area contributed by atoms with E-state index in [0.29, 0.717) is 24.7 Å². The Kier molecular flexibility index (Phi) is 4.52. The zero-order valence-electron chi connectivity index (χ0n) is 14.6. The minimum Gasteiger partial charge on any atom is -0.379 e. The summed E-state index contributed by atoms with van der Waals surface area (Å²) in [5.74, 6) is 0.401. The average molecular weight is 369 g/mol. The molecule has 4 heterocycles. The largest absolute Gasteiger partial charge is 0.379 e. The summed E-state index contributed by atoms with van der Waals surface area (Å²) >= 11 is 1.62. The molecule has 0 saturated carbocycles. The molecule has 0 N–H and O–H groups in total. The summed E-state index contributed by atoms with van der Waals surface area (Å²) in [7, 11) is 1.81. The van der Waals surface area contributed by atoms with Crippen LogP contribution in [0.5, 0.6) is 0 Å². The van der Waals surface area contributed by atoms with Gasteiger partial charge in [0, 0.05) is 19.9 Å². The second kappa shape index (κ2) is 6.97. The number of ether oxygens (including phenoxy) is 1. The van der Waals surface area contributed by atoms with Crippen molar-refractivity contribution >= 4 is 17.2 Å². The zero-order chi connectivity index (χ0) is 18.1. The number of rotatable bonds is 4. The molecule has 0 aromatic carbocycles. The lowest BCUT2D eigenvalue weighted by molar-refractivity contribution is 0.0710. The summed E-state index contributed by atoms with van der Waals surface area (Å²) in [4.78, 5) is 24.6. The Morgan fingerprint density at radius 2 is 2.31 bits per heavy atom. The fraction of sp³-hybridized carbons (Fsp3) is 0.333. The summed E-state index contributed by atoms with van der Waals surface area (Å²) in [6.45, 7) is 3.14. The lowest BCUT2D eigenvalue weighted by atomic mass is 10.2. The topological polar surface area (TPSA) is 73.1 Å². The number of amides is 1. The van der Waals surface area contributed by atoms with Crippen LogP contribution < -0.4 is 0 Å². The summed E-state index contributed by atoms with van der Waals surface area (Å²) in [6.07, 6.45) is 4.16. The van der Waals surface area contributed by atoms with E-state index in [0.717, 1.165) is 22.7 Å². The molecule has 1 unspecified atom stereocenters. The predicted molar refractivity (Wildman–Crippen MR) is 98.5 cm³/mol. The van der Waals surface area contributed by atoms with Crippen molar-refractivity contribution in [3.05, 3.63) is 47.2 Å². The van der Waals surface area contributed by atoms with Crippen LogP contribution in [0.15, 0.2) is 36.0 Å². The third-order valence-corrected chi connectivity index (χ3v) is 5.51. The Hall–Kier alpha value is -2.58. The van der Waals surface area contributed by atoms with Gasteiger partial charge in [-0.05, 0) is 30.9 Å². The van der Waals surface area contributed by atoms with Crippen molar-refractivity contribution in [2.45, 2.75) is 19.4 Å². The zero-order valence-corrected chi connectivity index (χ0v) is 15.4. The molecule has 3 aromatic rings. The highest BCUT2D eigenvalue weighted by Crippen LogP contribution is 2.23. The van der Waals surface area contributed by atoms with E-state index in [1.54, 1.807) is 33.3 Å². The second-order valence-electron chi connectivity index (χ2n) is 6.21. The molecule has 0 spiro atoms. The van der Waals surface area contributed by atoms with Crippen LogP contribution in [0.2, 0.25) is 0 Å². The van der Waals surface area contributed by atoms with Gasteiger partial charge in [-0.2, -0.15) is 5.10 Å². The van der Waals surface area contributed by atoms with Gasteiger partial charge in [-0.1, -0.05) is 6.07 Å². The van der Waals surface area contributed by atoms with E-state index in [9.17, 15) is 4.79 Å². The van der Waals surface area contributed by atoms with Crippen molar-refractivity contribution in [3.63, 3.8) is 0 Å². The SMILES string of the molecule is Cc1c(C(=O)N(C)C2CCOC2)cnn1-c1nccc(-c2cccs2)n1. The van der Waals surface area contributed by atoms with Crippen molar-refractivity contribution in [3.8, 4) is 16.5 Å². The Morgan fingerprint density at radius 3 is 3.04 bits per heavy atom. The first-order valence-corrected chi connectivity index (χ1v) is 9.30. The monoisotopic (exact) mass is 369 g/mol. The number of carbonyl (C=O) groups is 1. The van der Waals surface area contributed by atoms with Gasteiger partial charge in [0.1, 0.15) is 0 Å².